The Morgan fingerprint density at radius 1 is 1.12 bits per heavy atom. The minimum Gasteiger partial charge on any atom is -0.465 e. The fraction of sp³-hybridized carbons (Fsp3) is 0.250. The second-order valence-corrected chi connectivity index (χ2v) is 7.55. The van der Waals surface area contributed by atoms with Gasteiger partial charge in [-0.3, -0.25) is 14.2 Å². The molecule has 6 heteroatoms. The number of aromatic nitrogens is 2. The highest BCUT2D eigenvalue weighted by Gasteiger charge is 2.29. The maximum Gasteiger partial charge on any atom is 0.319 e. The van der Waals surface area contributed by atoms with Gasteiger partial charge in [-0.15, -0.1) is 0 Å². The second-order valence-electron chi connectivity index (χ2n) is 6.38. The lowest BCUT2D eigenvalue weighted by molar-refractivity contribution is -0.137. The molecule has 2 heterocycles. The van der Waals surface area contributed by atoms with Gasteiger partial charge in [0.25, 0.3) is 5.56 Å². The van der Waals surface area contributed by atoms with E-state index in [1.807, 2.05) is 50.2 Å². The van der Waals surface area contributed by atoms with Crippen molar-refractivity contribution in [3.8, 4) is 5.69 Å². The van der Waals surface area contributed by atoms with Crippen LogP contribution in [0.15, 0.2) is 52.4 Å². The van der Waals surface area contributed by atoms with Crippen molar-refractivity contribution in [2.75, 3.05) is 6.61 Å². The first-order valence-electron chi connectivity index (χ1n) is 8.47. The van der Waals surface area contributed by atoms with Gasteiger partial charge in [-0.05, 0) is 49.2 Å². The first kappa shape index (κ1) is 16.8. The first-order chi connectivity index (χ1) is 12.5. The average molecular weight is 366 g/mol. The molecule has 4 rings (SSSR count). The van der Waals surface area contributed by atoms with Crippen molar-refractivity contribution in [2.24, 2.45) is 0 Å². The van der Waals surface area contributed by atoms with Crippen molar-refractivity contribution < 1.29 is 9.53 Å². The van der Waals surface area contributed by atoms with Crippen LogP contribution in [0.4, 0.5) is 0 Å². The van der Waals surface area contributed by atoms with E-state index in [1.165, 1.54) is 11.8 Å². The van der Waals surface area contributed by atoms with E-state index < -0.39 is 0 Å². The predicted molar refractivity (Wildman–Crippen MR) is 102 cm³/mol. The molecule has 1 aromatic heterocycles. The molecule has 3 aromatic rings. The summed E-state index contributed by atoms with van der Waals surface area (Å²) in [6, 6.07) is 13.2. The van der Waals surface area contributed by atoms with Gasteiger partial charge in [0.2, 0.25) is 0 Å². The van der Waals surface area contributed by atoms with Crippen LogP contribution in [0.25, 0.3) is 16.6 Å². The lowest BCUT2D eigenvalue weighted by atomic mass is 10.1. The lowest BCUT2D eigenvalue weighted by Gasteiger charge is -2.15. The summed E-state index contributed by atoms with van der Waals surface area (Å²) in [5.74, 6) is -0.246. The van der Waals surface area contributed by atoms with E-state index in [4.69, 9.17) is 4.74 Å². The zero-order chi connectivity index (χ0) is 18.3. The van der Waals surface area contributed by atoms with E-state index in [-0.39, 0.29) is 16.8 Å². The summed E-state index contributed by atoms with van der Waals surface area (Å²) in [7, 11) is 0. The number of hydrogen-bond donors (Lipinski definition) is 0. The van der Waals surface area contributed by atoms with Gasteiger partial charge in [-0.1, -0.05) is 30.0 Å². The number of nitrogens with zero attached hydrogens (tertiary/aromatic N) is 2. The minimum absolute atomic E-state index is 0.132. The summed E-state index contributed by atoms with van der Waals surface area (Å²) < 4.78 is 6.66. The van der Waals surface area contributed by atoms with E-state index in [0.717, 1.165) is 16.8 Å². The standard InChI is InChI=1S/C20H18N2O3S/c1-12-7-8-14(11-13(12)2)22-18(23)15-5-3-4-6-16(15)21-20(22)26-17-9-10-25-19(17)24/h3-8,11,17H,9-10H2,1-2H3/t17-/m0/s1. The topological polar surface area (TPSA) is 61.2 Å². The van der Waals surface area contributed by atoms with Crippen LogP contribution < -0.4 is 5.56 Å². The fourth-order valence-corrected chi connectivity index (χ4v) is 4.07. The van der Waals surface area contributed by atoms with Gasteiger partial charge in [-0.2, -0.15) is 0 Å². The molecular weight excluding hydrogens is 348 g/mol. The van der Waals surface area contributed by atoms with Crippen molar-refractivity contribution >= 4 is 28.6 Å². The van der Waals surface area contributed by atoms with E-state index in [9.17, 15) is 9.59 Å². The number of thioether (sulfide) groups is 1. The van der Waals surface area contributed by atoms with Crippen LogP contribution in [0.5, 0.6) is 0 Å². The number of carbonyl (C=O) groups excluding carboxylic acids is 1. The summed E-state index contributed by atoms with van der Waals surface area (Å²) in [4.78, 5) is 29.8. The second kappa shape index (κ2) is 6.61. The van der Waals surface area contributed by atoms with Gasteiger partial charge in [0.15, 0.2) is 5.16 Å². The molecule has 1 aliphatic rings. The number of ether oxygens (including phenoxy) is 1. The summed E-state index contributed by atoms with van der Waals surface area (Å²) in [5.41, 5.74) is 3.51. The van der Waals surface area contributed by atoms with Crippen LogP contribution in [0, 0.1) is 13.8 Å². The Hall–Kier alpha value is -2.60. The van der Waals surface area contributed by atoms with Crippen LogP contribution in [0.2, 0.25) is 0 Å². The minimum atomic E-state index is -0.333. The number of para-hydroxylation sites is 1. The van der Waals surface area contributed by atoms with E-state index in [1.54, 1.807) is 10.6 Å². The Morgan fingerprint density at radius 3 is 2.65 bits per heavy atom. The quantitative estimate of drug-likeness (QED) is 0.525. The Balaban J connectivity index is 1.94. The average Bonchev–Trinajstić information content (AvgIpc) is 3.03. The first-order valence-corrected chi connectivity index (χ1v) is 9.35. The van der Waals surface area contributed by atoms with Crippen LogP contribution in [-0.4, -0.2) is 27.4 Å². The summed E-state index contributed by atoms with van der Waals surface area (Å²) in [6.45, 7) is 4.46. The molecule has 132 valence electrons. The van der Waals surface area contributed by atoms with Crippen molar-refractivity contribution in [3.05, 3.63) is 63.9 Å². The monoisotopic (exact) mass is 366 g/mol. The number of cyclic esters (lactones) is 1. The van der Waals surface area contributed by atoms with Crippen molar-refractivity contribution in [1.29, 1.82) is 0 Å². The highest BCUT2D eigenvalue weighted by atomic mass is 32.2. The van der Waals surface area contributed by atoms with Gasteiger partial charge >= 0.3 is 5.97 Å². The molecule has 0 aliphatic carbocycles. The highest BCUT2D eigenvalue weighted by Crippen LogP contribution is 2.30. The fourth-order valence-electron chi connectivity index (χ4n) is 3.00. The molecule has 5 nitrogen and oxygen atoms in total. The molecule has 1 fully saturated rings. The Morgan fingerprint density at radius 2 is 1.92 bits per heavy atom. The summed E-state index contributed by atoms with van der Waals surface area (Å²) in [6.07, 6.45) is 0.624. The summed E-state index contributed by atoms with van der Waals surface area (Å²) in [5, 5.41) is 0.741. The molecule has 1 saturated heterocycles. The molecular formula is C20H18N2O3S. The SMILES string of the molecule is Cc1ccc(-n2c(S[C@H]3CCOC3=O)nc3ccccc3c2=O)cc1C. The molecule has 0 unspecified atom stereocenters. The normalized spacial score (nSPS) is 16.8. The Labute approximate surface area is 155 Å². The molecule has 2 aromatic carbocycles. The maximum atomic E-state index is 13.2. The molecule has 0 amide bonds. The third kappa shape index (κ3) is 2.90. The van der Waals surface area contributed by atoms with E-state index in [0.29, 0.717) is 29.1 Å². The molecule has 0 N–H and O–H groups in total. The zero-order valence-electron chi connectivity index (χ0n) is 14.6. The number of rotatable bonds is 3. The molecule has 1 atom stereocenters. The zero-order valence-corrected chi connectivity index (χ0v) is 15.4. The number of benzene rings is 2. The molecule has 0 saturated carbocycles. The van der Waals surface area contributed by atoms with Gasteiger partial charge in [0.1, 0.15) is 5.25 Å². The third-order valence-electron chi connectivity index (χ3n) is 4.63. The van der Waals surface area contributed by atoms with E-state index >= 15 is 0 Å². The largest absolute Gasteiger partial charge is 0.465 e. The van der Waals surface area contributed by atoms with Crippen LogP contribution in [-0.2, 0) is 9.53 Å². The number of aryl methyl sites for hydroxylation is 2. The maximum absolute atomic E-state index is 13.2. The molecule has 0 spiro atoms. The van der Waals surface area contributed by atoms with Crippen molar-refractivity contribution in [3.63, 3.8) is 0 Å². The smallest absolute Gasteiger partial charge is 0.319 e. The lowest BCUT2D eigenvalue weighted by Crippen LogP contribution is -2.23. The Bertz CT molecular complexity index is 1070. The van der Waals surface area contributed by atoms with Gasteiger partial charge in [0, 0.05) is 6.42 Å². The number of fused-ring (bicyclic) bond motifs is 1. The number of carbonyl (C=O) groups is 1. The van der Waals surface area contributed by atoms with Crippen molar-refractivity contribution in [2.45, 2.75) is 30.7 Å². The van der Waals surface area contributed by atoms with Gasteiger partial charge in [-0.25, -0.2) is 4.98 Å². The summed E-state index contributed by atoms with van der Waals surface area (Å²) >= 11 is 1.30. The van der Waals surface area contributed by atoms with Crippen LogP contribution in [0.3, 0.4) is 0 Å². The van der Waals surface area contributed by atoms with Crippen LogP contribution >= 0.6 is 11.8 Å². The molecule has 1 aliphatic heterocycles. The highest BCUT2D eigenvalue weighted by molar-refractivity contribution is 8.00. The predicted octanol–water partition coefficient (Wildman–Crippen LogP) is 3.41. The number of hydrogen-bond acceptors (Lipinski definition) is 5. The van der Waals surface area contributed by atoms with Crippen molar-refractivity contribution in [1.82, 2.24) is 9.55 Å². The van der Waals surface area contributed by atoms with Gasteiger partial charge < -0.3 is 4.74 Å². The molecule has 26 heavy (non-hydrogen) atoms. The third-order valence-corrected chi connectivity index (χ3v) is 5.83. The molecule has 0 radical (unpaired) electrons. The van der Waals surface area contributed by atoms with E-state index in [2.05, 4.69) is 4.98 Å². The van der Waals surface area contributed by atoms with Crippen LogP contribution in [0.1, 0.15) is 17.5 Å². The molecule has 0 bridgehead atoms. The number of esters is 1. The van der Waals surface area contributed by atoms with Gasteiger partial charge in [0.05, 0.1) is 23.2 Å². The Kier molecular flexibility index (Phi) is 4.28.